The van der Waals surface area contributed by atoms with Crippen LogP contribution in [0.5, 0.6) is 0 Å². The van der Waals surface area contributed by atoms with Crippen LogP contribution in [0.15, 0.2) is 83.8 Å². The Morgan fingerprint density at radius 2 is 1.69 bits per heavy atom. The highest BCUT2D eigenvalue weighted by molar-refractivity contribution is 7.89. The van der Waals surface area contributed by atoms with E-state index in [0.717, 1.165) is 48.2 Å². The van der Waals surface area contributed by atoms with E-state index < -0.39 is 22.0 Å². The fourth-order valence-electron chi connectivity index (χ4n) is 4.17. The van der Waals surface area contributed by atoms with E-state index in [1.165, 1.54) is 6.07 Å². The smallest absolute Gasteiger partial charge is 0.322 e. The SMILES string of the molecule is O=C(O)[C@@H](Cc1ccccc1)NS(=O)(=O)c1cccc(-c2cccc(CNCC3CCCO3)c2)c1. The van der Waals surface area contributed by atoms with Gasteiger partial charge in [-0.15, -0.1) is 0 Å². The quantitative estimate of drug-likeness (QED) is 0.376. The molecule has 1 aliphatic rings. The van der Waals surface area contributed by atoms with Gasteiger partial charge in [-0.1, -0.05) is 60.7 Å². The molecule has 184 valence electrons. The van der Waals surface area contributed by atoms with Gasteiger partial charge < -0.3 is 15.2 Å². The maximum absolute atomic E-state index is 13.1. The van der Waals surface area contributed by atoms with Gasteiger partial charge in [-0.2, -0.15) is 4.72 Å². The largest absolute Gasteiger partial charge is 0.480 e. The minimum absolute atomic E-state index is 0.0243. The van der Waals surface area contributed by atoms with E-state index in [2.05, 4.69) is 10.0 Å². The molecular weight excluding hydrogens is 464 g/mol. The second-order valence-corrected chi connectivity index (χ2v) is 10.4. The Morgan fingerprint density at radius 3 is 2.40 bits per heavy atom. The summed E-state index contributed by atoms with van der Waals surface area (Å²) in [5.74, 6) is -1.23. The molecule has 1 saturated heterocycles. The van der Waals surface area contributed by atoms with Gasteiger partial charge in [0.2, 0.25) is 10.0 Å². The molecule has 0 spiro atoms. The van der Waals surface area contributed by atoms with Crippen LogP contribution in [0.1, 0.15) is 24.0 Å². The second kappa shape index (κ2) is 11.6. The number of hydrogen-bond acceptors (Lipinski definition) is 5. The van der Waals surface area contributed by atoms with E-state index in [1.807, 2.05) is 36.4 Å². The number of carboxylic acid groups (broad SMARTS) is 1. The van der Waals surface area contributed by atoms with Gasteiger partial charge in [0.1, 0.15) is 6.04 Å². The monoisotopic (exact) mass is 494 g/mol. The van der Waals surface area contributed by atoms with Gasteiger partial charge in [0, 0.05) is 19.7 Å². The van der Waals surface area contributed by atoms with Crippen molar-refractivity contribution in [2.24, 2.45) is 0 Å². The minimum Gasteiger partial charge on any atom is -0.480 e. The molecule has 0 aromatic heterocycles. The Labute approximate surface area is 206 Å². The zero-order valence-corrected chi connectivity index (χ0v) is 20.2. The molecule has 3 N–H and O–H groups in total. The summed E-state index contributed by atoms with van der Waals surface area (Å²) in [5.41, 5.74) is 3.45. The number of hydrogen-bond donors (Lipinski definition) is 3. The van der Waals surface area contributed by atoms with Crippen molar-refractivity contribution < 1.29 is 23.1 Å². The van der Waals surface area contributed by atoms with Crippen molar-refractivity contribution in [1.29, 1.82) is 0 Å². The lowest BCUT2D eigenvalue weighted by Crippen LogP contribution is -2.42. The van der Waals surface area contributed by atoms with Crippen molar-refractivity contribution in [1.82, 2.24) is 10.0 Å². The molecule has 3 aromatic rings. The van der Waals surface area contributed by atoms with E-state index in [-0.39, 0.29) is 17.4 Å². The molecule has 0 amide bonds. The van der Waals surface area contributed by atoms with Gasteiger partial charge in [0.05, 0.1) is 11.0 Å². The average molecular weight is 495 g/mol. The number of sulfonamides is 1. The van der Waals surface area contributed by atoms with Crippen molar-refractivity contribution in [3.63, 3.8) is 0 Å². The molecule has 1 fully saturated rings. The van der Waals surface area contributed by atoms with Crippen molar-refractivity contribution in [3.05, 3.63) is 90.0 Å². The molecule has 4 rings (SSSR count). The van der Waals surface area contributed by atoms with Crippen LogP contribution in [0, 0.1) is 0 Å². The highest BCUT2D eigenvalue weighted by Crippen LogP contribution is 2.24. The van der Waals surface area contributed by atoms with Crippen LogP contribution in [0.3, 0.4) is 0 Å². The van der Waals surface area contributed by atoms with Gasteiger partial charge >= 0.3 is 5.97 Å². The number of nitrogens with one attached hydrogen (secondary N) is 2. The lowest BCUT2D eigenvalue weighted by molar-refractivity contribution is -0.138. The molecule has 7 nitrogen and oxygen atoms in total. The Hall–Kier alpha value is -3.04. The number of aliphatic carboxylic acids is 1. The first-order chi connectivity index (χ1) is 16.9. The zero-order valence-electron chi connectivity index (χ0n) is 19.4. The Balaban J connectivity index is 1.47. The van der Waals surface area contributed by atoms with Crippen LogP contribution in [0.4, 0.5) is 0 Å². The van der Waals surface area contributed by atoms with Crippen LogP contribution in [0.25, 0.3) is 11.1 Å². The average Bonchev–Trinajstić information content (AvgIpc) is 3.38. The molecule has 0 saturated carbocycles. The molecule has 0 bridgehead atoms. The molecule has 3 aromatic carbocycles. The van der Waals surface area contributed by atoms with Gasteiger partial charge in [-0.25, -0.2) is 8.42 Å². The summed E-state index contributed by atoms with van der Waals surface area (Å²) in [5, 5.41) is 13.0. The van der Waals surface area contributed by atoms with E-state index >= 15 is 0 Å². The van der Waals surface area contributed by atoms with Crippen LogP contribution < -0.4 is 10.0 Å². The van der Waals surface area contributed by atoms with Crippen LogP contribution in [-0.2, 0) is 32.5 Å². The highest BCUT2D eigenvalue weighted by Gasteiger charge is 2.26. The van der Waals surface area contributed by atoms with Crippen molar-refractivity contribution in [3.8, 4) is 11.1 Å². The lowest BCUT2D eigenvalue weighted by Gasteiger charge is -2.16. The van der Waals surface area contributed by atoms with Crippen LogP contribution >= 0.6 is 0 Å². The van der Waals surface area contributed by atoms with Crippen LogP contribution in [-0.4, -0.2) is 44.8 Å². The summed E-state index contributed by atoms with van der Waals surface area (Å²) in [6, 6.07) is 22.1. The molecule has 1 heterocycles. The molecule has 35 heavy (non-hydrogen) atoms. The maximum atomic E-state index is 13.1. The summed E-state index contributed by atoms with van der Waals surface area (Å²) in [6.45, 7) is 2.32. The maximum Gasteiger partial charge on any atom is 0.322 e. The minimum atomic E-state index is -4.05. The molecule has 1 aliphatic heterocycles. The third-order valence-electron chi connectivity index (χ3n) is 6.01. The molecule has 2 atom stereocenters. The van der Waals surface area contributed by atoms with Gasteiger partial charge in [0.15, 0.2) is 0 Å². The van der Waals surface area contributed by atoms with Crippen molar-refractivity contribution in [2.45, 2.75) is 42.8 Å². The molecule has 8 heteroatoms. The molecular formula is C27H30N2O5S. The molecule has 0 radical (unpaired) electrons. The van der Waals surface area contributed by atoms with Gasteiger partial charge in [-0.3, -0.25) is 4.79 Å². The Bertz CT molecular complexity index is 1240. The topological polar surface area (TPSA) is 105 Å². The van der Waals surface area contributed by atoms with Crippen LogP contribution in [0.2, 0.25) is 0 Å². The lowest BCUT2D eigenvalue weighted by atomic mass is 10.0. The number of rotatable bonds is 11. The Kier molecular flexibility index (Phi) is 8.30. The molecule has 1 unspecified atom stereocenters. The summed E-state index contributed by atoms with van der Waals surface area (Å²) in [7, 11) is -4.05. The predicted octanol–water partition coefficient (Wildman–Crippen LogP) is 3.60. The number of carbonyl (C=O) groups is 1. The number of carboxylic acids is 1. The third-order valence-corrected chi connectivity index (χ3v) is 7.48. The van der Waals surface area contributed by atoms with Gasteiger partial charge in [0.25, 0.3) is 0 Å². The second-order valence-electron chi connectivity index (χ2n) is 8.70. The fourth-order valence-corrected chi connectivity index (χ4v) is 5.41. The molecule has 0 aliphatic carbocycles. The van der Waals surface area contributed by atoms with E-state index in [9.17, 15) is 18.3 Å². The zero-order chi connectivity index (χ0) is 24.7. The highest BCUT2D eigenvalue weighted by atomic mass is 32.2. The van der Waals surface area contributed by atoms with E-state index in [1.54, 1.807) is 36.4 Å². The standard InChI is InChI=1S/C27H30N2O5S/c30-27(31)26(16-20-7-2-1-3-8-20)29-35(32,33)25-13-5-11-23(17-25)22-10-4-9-21(15-22)18-28-19-24-12-6-14-34-24/h1-5,7-11,13,15,17,24,26,28-29H,6,12,14,16,18-19H2,(H,30,31)/t24?,26-/m1/s1. The van der Waals surface area contributed by atoms with Crippen molar-refractivity contribution in [2.75, 3.05) is 13.2 Å². The predicted molar refractivity (Wildman–Crippen MR) is 134 cm³/mol. The normalized spacial score (nSPS) is 16.7. The van der Waals surface area contributed by atoms with E-state index in [4.69, 9.17) is 4.74 Å². The number of ether oxygens (including phenoxy) is 1. The Morgan fingerprint density at radius 1 is 0.971 bits per heavy atom. The first-order valence-electron chi connectivity index (χ1n) is 11.7. The third kappa shape index (κ3) is 6.99. The summed E-state index contributed by atoms with van der Waals surface area (Å²) in [4.78, 5) is 11.8. The fraction of sp³-hybridized carbons (Fsp3) is 0.296. The summed E-state index contributed by atoms with van der Waals surface area (Å²) < 4.78 is 34.1. The van der Waals surface area contributed by atoms with Crippen molar-refractivity contribution >= 4 is 16.0 Å². The first-order valence-corrected chi connectivity index (χ1v) is 13.2. The summed E-state index contributed by atoms with van der Waals surface area (Å²) >= 11 is 0. The van der Waals surface area contributed by atoms with Gasteiger partial charge in [-0.05, 0) is 59.7 Å². The van der Waals surface area contributed by atoms with E-state index in [0.29, 0.717) is 6.54 Å². The number of benzene rings is 3. The first kappa shape index (κ1) is 25.1. The summed E-state index contributed by atoms with van der Waals surface area (Å²) in [6.07, 6.45) is 2.51.